The highest BCUT2D eigenvalue weighted by Gasteiger charge is 2.32. The zero-order chi connectivity index (χ0) is 28.7. The van der Waals surface area contributed by atoms with Crippen LogP contribution >= 0.6 is 11.6 Å². The molecular weight excluding hydrogens is 569 g/mol. The summed E-state index contributed by atoms with van der Waals surface area (Å²) in [5.41, 5.74) is 0.365. The fourth-order valence-electron chi connectivity index (χ4n) is 3.97. The summed E-state index contributed by atoms with van der Waals surface area (Å²) in [7, 11) is -4.22. The smallest absolute Gasteiger partial charge is 0.342 e. The molecule has 0 amide bonds. The van der Waals surface area contributed by atoms with Crippen molar-refractivity contribution in [3.63, 3.8) is 0 Å². The second-order valence-corrected chi connectivity index (χ2v) is 10.9. The molecule has 0 saturated carbocycles. The number of aryl methyl sites for hydroxylation is 1. The summed E-state index contributed by atoms with van der Waals surface area (Å²) in [5.74, 6) is -0.714. The van der Waals surface area contributed by atoms with E-state index in [-0.39, 0.29) is 27.6 Å². The fraction of sp³-hybridized carbons (Fsp3) is 0.115. The lowest BCUT2D eigenvalue weighted by Gasteiger charge is -2.12. The molecule has 0 fully saturated rings. The van der Waals surface area contributed by atoms with E-state index in [0.717, 1.165) is 18.5 Å². The van der Waals surface area contributed by atoms with Crippen molar-refractivity contribution in [2.24, 2.45) is 0 Å². The Kier molecular flexibility index (Phi) is 7.02. The van der Waals surface area contributed by atoms with E-state index in [1.807, 2.05) is 30.3 Å². The number of H-pyrrole nitrogens is 1. The van der Waals surface area contributed by atoms with Gasteiger partial charge in [-0.15, -0.1) is 0 Å². The molecule has 5 rings (SSSR count). The Morgan fingerprint density at radius 3 is 2.35 bits per heavy atom. The first-order valence-electron chi connectivity index (χ1n) is 11.6. The number of fused-ring (bicyclic) bond motifs is 1. The third-order valence-corrected chi connectivity index (χ3v) is 7.13. The van der Waals surface area contributed by atoms with Gasteiger partial charge in [-0.05, 0) is 30.7 Å². The largest absolute Gasteiger partial charge is 0.433 e. The lowest BCUT2D eigenvalue weighted by atomic mass is 10.0. The van der Waals surface area contributed by atoms with Gasteiger partial charge in [0.1, 0.15) is 16.5 Å². The number of nitrogens with zero attached hydrogens (tertiary/aromatic N) is 4. The molecule has 0 aliphatic rings. The van der Waals surface area contributed by atoms with E-state index in [1.165, 1.54) is 0 Å². The predicted molar refractivity (Wildman–Crippen MR) is 144 cm³/mol. The molecule has 204 valence electrons. The van der Waals surface area contributed by atoms with Crippen LogP contribution < -0.4 is 10.2 Å². The van der Waals surface area contributed by atoms with Crippen LogP contribution in [0.1, 0.15) is 17.0 Å². The van der Waals surface area contributed by atoms with E-state index >= 15 is 0 Å². The number of nitrogens with one attached hydrogen (secondary N) is 2. The Bertz CT molecular complexity index is 1880. The van der Waals surface area contributed by atoms with Crippen LogP contribution in [0.3, 0.4) is 0 Å². The number of hydrogen-bond donors (Lipinski definition) is 2. The Morgan fingerprint density at radius 1 is 0.975 bits per heavy atom. The molecule has 0 aliphatic carbocycles. The second kappa shape index (κ2) is 10.3. The monoisotopic (exact) mass is 586 g/mol. The topological polar surface area (TPSA) is 131 Å². The Hall–Kier alpha value is -4.36. The molecule has 0 unspecified atom stereocenters. The van der Waals surface area contributed by atoms with Crippen LogP contribution in [-0.4, -0.2) is 33.3 Å². The molecule has 0 radical (unpaired) electrons. The van der Waals surface area contributed by atoms with Crippen molar-refractivity contribution in [2.45, 2.75) is 18.9 Å². The van der Waals surface area contributed by atoms with Crippen molar-refractivity contribution in [3.05, 3.63) is 99.3 Å². The molecule has 40 heavy (non-hydrogen) atoms. The summed E-state index contributed by atoms with van der Waals surface area (Å²) in [6.45, 7) is 1.75. The standard InChI is InChI=1S/C26H18ClF3N6O3S/c1-14-9-17(10-20(27)33-14)22-21(16-5-3-2-4-6-16)35-25-23(34-22)24(37)18(12-32-25)36-40(38,39)13-15-7-8-19(31-11-15)26(28,29)30/h2-12,36H,13H2,1H3,(H,32,35,37). The van der Waals surface area contributed by atoms with Gasteiger partial charge in [0.25, 0.3) is 0 Å². The molecule has 1 aromatic carbocycles. The van der Waals surface area contributed by atoms with Gasteiger partial charge in [-0.2, -0.15) is 13.2 Å². The van der Waals surface area contributed by atoms with Crippen molar-refractivity contribution >= 4 is 38.5 Å². The lowest BCUT2D eigenvalue weighted by molar-refractivity contribution is -0.141. The molecule has 4 aromatic heterocycles. The van der Waals surface area contributed by atoms with E-state index < -0.39 is 33.1 Å². The summed E-state index contributed by atoms with van der Waals surface area (Å²) >= 11 is 6.18. The van der Waals surface area contributed by atoms with E-state index in [1.54, 1.807) is 19.1 Å². The quantitative estimate of drug-likeness (QED) is 0.256. The molecule has 0 aliphatic heterocycles. The number of halogens is 4. The van der Waals surface area contributed by atoms with Crippen molar-refractivity contribution in [1.29, 1.82) is 0 Å². The average molecular weight is 587 g/mol. The number of aromatic nitrogens is 5. The minimum Gasteiger partial charge on any atom is -0.342 e. The number of hydrogen-bond acceptors (Lipinski definition) is 7. The number of benzene rings is 1. The molecule has 2 N–H and O–H groups in total. The molecule has 4 heterocycles. The normalized spacial score (nSPS) is 12.0. The number of anilines is 1. The summed E-state index contributed by atoms with van der Waals surface area (Å²) in [4.78, 5) is 32.8. The van der Waals surface area contributed by atoms with E-state index in [9.17, 15) is 26.4 Å². The summed E-state index contributed by atoms with van der Waals surface area (Å²) in [5, 5.41) is 0.212. The maximum absolute atomic E-state index is 13.4. The van der Waals surface area contributed by atoms with Gasteiger partial charge >= 0.3 is 6.18 Å². The van der Waals surface area contributed by atoms with Crippen molar-refractivity contribution in [1.82, 2.24) is 24.9 Å². The minimum atomic E-state index is -4.66. The zero-order valence-electron chi connectivity index (χ0n) is 20.5. The van der Waals surface area contributed by atoms with Gasteiger partial charge in [0, 0.05) is 29.2 Å². The maximum Gasteiger partial charge on any atom is 0.433 e. The lowest BCUT2D eigenvalue weighted by Crippen LogP contribution is -2.21. The predicted octanol–water partition coefficient (Wildman–Crippen LogP) is 5.36. The van der Waals surface area contributed by atoms with Gasteiger partial charge < -0.3 is 4.98 Å². The van der Waals surface area contributed by atoms with E-state index in [4.69, 9.17) is 11.6 Å². The molecular formula is C26H18ClF3N6O3S. The van der Waals surface area contributed by atoms with Crippen LogP contribution in [0, 0.1) is 6.92 Å². The minimum absolute atomic E-state index is 0.00256. The first-order chi connectivity index (χ1) is 18.9. The number of aromatic amines is 1. The Balaban J connectivity index is 1.56. The van der Waals surface area contributed by atoms with E-state index in [2.05, 4.69) is 29.6 Å². The van der Waals surface area contributed by atoms with Crippen LogP contribution in [0.5, 0.6) is 0 Å². The van der Waals surface area contributed by atoms with Gasteiger partial charge in [0.2, 0.25) is 15.5 Å². The number of pyridine rings is 3. The van der Waals surface area contributed by atoms with Crippen molar-refractivity contribution in [2.75, 3.05) is 4.72 Å². The summed E-state index contributed by atoms with van der Waals surface area (Å²) in [6.07, 6.45) is -2.70. The third kappa shape index (κ3) is 5.80. The molecule has 0 spiro atoms. The Labute approximate surface area is 230 Å². The number of alkyl halides is 3. The number of rotatable bonds is 6. The Morgan fingerprint density at radius 2 is 1.70 bits per heavy atom. The SMILES string of the molecule is Cc1cc(-c2nc3c(=O)c(NS(=O)(=O)Cc4ccc(C(F)(F)F)nc4)c[nH]c3nc2-c2ccccc2)cc(Cl)n1. The first kappa shape index (κ1) is 27.2. The zero-order valence-corrected chi connectivity index (χ0v) is 22.1. The van der Waals surface area contributed by atoms with Crippen molar-refractivity contribution in [3.8, 4) is 22.5 Å². The van der Waals surface area contributed by atoms with Crippen LogP contribution in [0.15, 0.2) is 71.8 Å². The molecule has 9 nitrogen and oxygen atoms in total. The molecule has 0 bridgehead atoms. The van der Waals surface area contributed by atoms with Gasteiger partial charge in [0.05, 0.1) is 17.1 Å². The molecule has 0 atom stereocenters. The van der Waals surface area contributed by atoms with Gasteiger partial charge in [-0.1, -0.05) is 48.0 Å². The fourth-order valence-corrected chi connectivity index (χ4v) is 5.39. The highest BCUT2D eigenvalue weighted by molar-refractivity contribution is 7.91. The molecule has 5 aromatic rings. The van der Waals surface area contributed by atoms with Crippen LogP contribution in [0.4, 0.5) is 18.9 Å². The highest BCUT2D eigenvalue weighted by atomic mass is 35.5. The maximum atomic E-state index is 13.4. The third-order valence-electron chi connectivity index (χ3n) is 5.69. The molecule has 14 heteroatoms. The first-order valence-corrected chi connectivity index (χ1v) is 13.6. The highest BCUT2D eigenvalue weighted by Crippen LogP contribution is 2.32. The van der Waals surface area contributed by atoms with Crippen LogP contribution in [0.2, 0.25) is 5.15 Å². The number of sulfonamides is 1. The van der Waals surface area contributed by atoms with Gasteiger partial charge in [0.15, 0.2) is 11.2 Å². The van der Waals surface area contributed by atoms with Gasteiger partial charge in [-0.25, -0.2) is 23.4 Å². The van der Waals surface area contributed by atoms with Crippen LogP contribution in [-0.2, 0) is 22.0 Å². The average Bonchev–Trinajstić information content (AvgIpc) is 2.89. The summed E-state index contributed by atoms with van der Waals surface area (Å²) in [6, 6.07) is 14.1. The van der Waals surface area contributed by atoms with E-state index in [0.29, 0.717) is 34.3 Å². The molecule has 0 saturated heterocycles. The summed E-state index contributed by atoms with van der Waals surface area (Å²) < 4.78 is 66.0. The van der Waals surface area contributed by atoms with Crippen LogP contribution in [0.25, 0.3) is 33.7 Å². The van der Waals surface area contributed by atoms with Crippen molar-refractivity contribution < 1.29 is 21.6 Å². The van der Waals surface area contributed by atoms with Gasteiger partial charge in [-0.3, -0.25) is 14.5 Å². The second-order valence-electron chi connectivity index (χ2n) is 8.75.